The zero-order chi connectivity index (χ0) is 13.3. The number of hydrogen-bond donors (Lipinski definition) is 2. The molecule has 0 saturated carbocycles. The highest BCUT2D eigenvalue weighted by atomic mass is 16.5. The average Bonchev–Trinajstić information content (AvgIpc) is 2.28. The van der Waals surface area contributed by atoms with Gasteiger partial charge in [-0.15, -0.1) is 0 Å². The molecule has 0 amide bonds. The Bertz CT molecular complexity index is 433. The topological polar surface area (TPSA) is 67.8 Å². The van der Waals surface area contributed by atoms with E-state index in [0.29, 0.717) is 17.5 Å². The SMILES string of the molecule is COc1cc(N2CCC2CN(C)C)c(N)cc1N. The van der Waals surface area contributed by atoms with Gasteiger partial charge in [0, 0.05) is 25.2 Å². The molecule has 4 N–H and O–H groups in total. The fourth-order valence-electron chi connectivity index (χ4n) is 2.40. The highest BCUT2D eigenvalue weighted by molar-refractivity contribution is 5.77. The van der Waals surface area contributed by atoms with Crippen molar-refractivity contribution < 1.29 is 4.74 Å². The molecule has 100 valence electrons. The second kappa shape index (κ2) is 4.94. The number of benzene rings is 1. The smallest absolute Gasteiger partial charge is 0.143 e. The van der Waals surface area contributed by atoms with Gasteiger partial charge in [-0.25, -0.2) is 0 Å². The summed E-state index contributed by atoms with van der Waals surface area (Å²) in [6.07, 6.45) is 1.20. The second-order valence-electron chi connectivity index (χ2n) is 5.05. The van der Waals surface area contributed by atoms with Crippen molar-refractivity contribution in [3.63, 3.8) is 0 Å². The number of methoxy groups -OCH3 is 1. The highest BCUT2D eigenvalue weighted by Gasteiger charge is 2.30. The van der Waals surface area contributed by atoms with E-state index in [4.69, 9.17) is 16.2 Å². The predicted molar refractivity (Wildman–Crippen MR) is 76.1 cm³/mol. The van der Waals surface area contributed by atoms with Crippen LogP contribution in [0.3, 0.4) is 0 Å². The monoisotopic (exact) mass is 250 g/mol. The molecule has 1 saturated heterocycles. The van der Waals surface area contributed by atoms with Gasteiger partial charge in [-0.3, -0.25) is 0 Å². The van der Waals surface area contributed by atoms with E-state index >= 15 is 0 Å². The van der Waals surface area contributed by atoms with Crippen LogP contribution in [0.15, 0.2) is 12.1 Å². The van der Waals surface area contributed by atoms with Crippen LogP contribution in [0.2, 0.25) is 0 Å². The first-order valence-corrected chi connectivity index (χ1v) is 6.17. The summed E-state index contributed by atoms with van der Waals surface area (Å²) in [5.74, 6) is 0.690. The van der Waals surface area contributed by atoms with E-state index < -0.39 is 0 Å². The molecule has 1 aliphatic heterocycles. The highest BCUT2D eigenvalue weighted by Crippen LogP contribution is 2.37. The van der Waals surface area contributed by atoms with Crippen LogP contribution in [0.5, 0.6) is 5.75 Å². The van der Waals surface area contributed by atoms with E-state index in [2.05, 4.69) is 23.9 Å². The maximum atomic E-state index is 6.06. The van der Waals surface area contributed by atoms with Crippen LogP contribution in [0.4, 0.5) is 17.1 Å². The molecule has 18 heavy (non-hydrogen) atoms. The van der Waals surface area contributed by atoms with Gasteiger partial charge in [0.25, 0.3) is 0 Å². The van der Waals surface area contributed by atoms with Crippen LogP contribution < -0.4 is 21.1 Å². The van der Waals surface area contributed by atoms with E-state index in [1.54, 1.807) is 13.2 Å². The van der Waals surface area contributed by atoms with Crippen LogP contribution >= 0.6 is 0 Å². The lowest BCUT2D eigenvalue weighted by atomic mass is 10.0. The lowest BCUT2D eigenvalue weighted by Crippen LogP contribution is -2.52. The molecule has 1 heterocycles. The first-order valence-electron chi connectivity index (χ1n) is 6.17. The fourth-order valence-corrected chi connectivity index (χ4v) is 2.40. The first-order chi connectivity index (χ1) is 8.52. The number of hydrogen-bond acceptors (Lipinski definition) is 5. The maximum Gasteiger partial charge on any atom is 0.143 e. The Kier molecular flexibility index (Phi) is 3.52. The summed E-state index contributed by atoms with van der Waals surface area (Å²) >= 11 is 0. The molecule has 0 bridgehead atoms. The summed E-state index contributed by atoms with van der Waals surface area (Å²) in [7, 11) is 5.80. The summed E-state index contributed by atoms with van der Waals surface area (Å²) in [5, 5.41) is 0. The van der Waals surface area contributed by atoms with Crippen molar-refractivity contribution in [2.75, 3.05) is 50.7 Å². The van der Waals surface area contributed by atoms with Crippen LogP contribution in [0.25, 0.3) is 0 Å². The Hall–Kier alpha value is -1.62. The van der Waals surface area contributed by atoms with Crippen molar-refractivity contribution in [3.8, 4) is 5.75 Å². The third kappa shape index (κ3) is 2.31. The number of nitrogen functional groups attached to an aromatic ring is 2. The number of nitrogens with two attached hydrogens (primary N) is 2. The summed E-state index contributed by atoms with van der Waals surface area (Å²) < 4.78 is 5.26. The molecule has 1 unspecified atom stereocenters. The summed E-state index contributed by atoms with van der Waals surface area (Å²) in [5.41, 5.74) is 14.2. The van der Waals surface area contributed by atoms with Gasteiger partial charge in [0.05, 0.1) is 24.2 Å². The molecule has 1 atom stereocenters. The summed E-state index contributed by atoms with van der Waals surface area (Å²) in [4.78, 5) is 4.51. The number of ether oxygens (including phenoxy) is 1. The van der Waals surface area contributed by atoms with Crippen molar-refractivity contribution in [1.29, 1.82) is 0 Å². The van der Waals surface area contributed by atoms with Gasteiger partial charge in [0.1, 0.15) is 5.75 Å². The molecule has 1 aromatic carbocycles. The van der Waals surface area contributed by atoms with Gasteiger partial charge in [0.15, 0.2) is 0 Å². The number of likely N-dealkylation sites (N-methyl/N-ethyl adjacent to an activating group) is 1. The Morgan fingerprint density at radius 3 is 2.56 bits per heavy atom. The normalized spacial score (nSPS) is 18.9. The third-order valence-corrected chi connectivity index (χ3v) is 3.41. The van der Waals surface area contributed by atoms with Gasteiger partial charge >= 0.3 is 0 Å². The number of rotatable bonds is 4. The van der Waals surface area contributed by atoms with Crippen molar-refractivity contribution >= 4 is 17.1 Å². The summed E-state index contributed by atoms with van der Waals surface area (Å²) in [6.45, 7) is 2.07. The standard InChI is InChI=1S/C13H22N4O/c1-16(2)8-9-4-5-17(9)12-7-13(18-3)11(15)6-10(12)14/h6-7,9H,4-5,8,14-15H2,1-3H3. The van der Waals surface area contributed by atoms with Crippen molar-refractivity contribution in [1.82, 2.24) is 4.90 Å². The summed E-state index contributed by atoms with van der Waals surface area (Å²) in [6, 6.07) is 4.24. The van der Waals surface area contributed by atoms with E-state index in [-0.39, 0.29) is 0 Å². The van der Waals surface area contributed by atoms with Gasteiger partial charge in [-0.1, -0.05) is 0 Å². The second-order valence-corrected chi connectivity index (χ2v) is 5.05. The minimum atomic E-state index is 0.524. The largest absolute Gasteiger partial charge is 0.495 e. The molecule has 0 aromatic heterocycles. The van der Waals surface area contributed by atoms with Gasteiger partial charge in [-0.05, 0) is 26.6 Å². The maximum absolute atomic E-state index is 6.06. The van der Waals surface area contributed by atoms with Gasteiger partial charge in [0.2, 0.25) is 0 Å². The zero-order valence-electron chi connectivity index (χ0n) is 11.3. The molecule has 1 aromatic rings. The van der Waals surface area contributed by atoms with Crippen LogP contribution in [0.1, 0.15) is 6.42 Å². The van der Waals surface area contributed by atoms with Crippen LogP contribution in [-0.4, -0.2) is 45.2 Å². The van der Waals surface area contributed by atoms with Crippen molar-refractivity contribution in [3.05, 3.63) is 12.1 Å². The molecule has 1 aliphatic rings. The predicted octanol–water partition coefficient (Wildman–Crippen LogP) is 1.000. The lowest BCUT2D eigenvalue weighted by Gasteiger charge is -2.44. The Morgan fingerprint density at radius 1 is 1.33 bits per heavy atom. The molecule has 5 heteroatoms. The molecule has 1 fully saturated rings. The first kappa shape index (κ1) is 12.8. The van der Waals surface area contributed by atoms with Gasteiger partial charge < -0.3 is 26.0 Å². The van der Waals surface area contributed by atoms with Crippen LogP contribution in [0, 0.1) is 0 Å². The minimum Gasteiger partial charge on any atom is -0.495 e. The van der Waals surface area contributed by atoms with E-state index in [9.17, 15) is 0 Å². The Balaban J connectivity index is 2.23. The molecular formula is C13H22N4O. The van der Waals surface area contributed by atoms with Crippen LogP contribution in [-0.2, 0) is 0 Å². The molecule has 0 aliphatic carbocycles. The third-order valence-electron chi connectivity index (χ3n) is 3.41. The Labute approximate surface area is 108 Å². The van der Waals surface area contributed by atoms with E-state index in [1.807, 2.05) is 6.07 Å². The molecule has 5 nitrogen and oxygen atoms in total. The van der Waals surface area contributed by atoms with Crippen molar-refractivity contribution in [2.24, 2.45) is 0 Å². The molecule has 2 rings (SSSR count). The number of anilines is 3. The molecule has 0 radical (unpaired) electrons. The zero-order valence-corrected chi connectivity index (χ0v) is 11.3. The molecule has 0 spiro atoms. The molecular weight excluding hydrogens is 228 g/mol. The van der Waals surface area contributed by atoms with E-state index in [1.165, 1.54) is 6.42 Å². The average molecular weight is 250 g/mol. The fraction of sp³-hybridized carbons (Fsp3) is 0.538. The Morgan fingerprint density at radius 2 is 2.06 bits per heavy atom. The quantitative estimate of drug-likeness (QED) is 0.780. The lowest BCUT2D eigenvalue weighted by molar-refractivity contribution is 0.312. The van der Waals surface area contributed by atoms with Crippen molar-refractivity contribution in [2.45, 2.75) is 12.5 Å². The van der Waals surface area contributed by atoms with Gasteiger partial charge in [-0.2, -0.15) is 0 Å². The van der Waals surface area contributed by atoms with E-state index in [0.717, 1.165) is 24.5 Å². The number of nitrogens with zero attached hydrogens (tertiary/aromatic N) is 2. The minimum absolute atomic E-state index is 0.524.